The highest BCUT2D eigenvalue weighted by atomic mass is 16.6. The van der Waals surface area contributed by atoms with Gasteiger partial charge in [-0.2, -0.15) is 4.98 Å². The van der Waals surface area contributed by atoms with Crippen LogP contribution >= 0.6 is 0 Å². The van der Waals surface area contributed by atoms with Gasteiger partial charge >= 0.3 is 5.69 Å². The number of hydrogen-bond donors (Lipinski definition) is 3. The molecule has 29 heavy (non-hydrogen) atoms. The average Bonchev–Trinajstić information content (AvgIpc) is 2.76. The minimum atomic E-state index is -0.440. The molecule has 4 N–H and O–H groups in total. The number of nitrogens with one attached hydrogen (secondary N) is 2. The molecular weight excluding hydrogens is 368 g/mol. The summed E-state index contributed by atoms with van der Waals surface area (Å²) in [5.41, 5.74) is 6.88. The van der Waals surface area contributed by atoms with Gasteiger partial charge in [0.1, 0.15) is 6.20 Å². The summed E-state index contributed by atoms with van der Waals surface area (Å²) in [6.45, 7) is 4.18. The summed E-state index contributed by atoms with van der Waals surface area (Å²) in [6, 6.07) is 10.2. The first-order chi connectivity index (χ1) is 14.1. The smallest absolute Gasteiger partial charge is 0.329 e. The second-order valence-electron chi connectivity index (χ2n) is 7.88. The minimum Gasteiger partial charge on any atom is -0.364 e. The van der Waals surface area contributed by atoms with E-state index in [1.165, 1.54) is 11.8 Å². The van der Waals surface area contributed by atoms with Crippen molar-refractivity contribution >= 4 is 17.5 Å². The number of anilines is 2. The third-order valence-corrected chi connectivity index (χ3v) is 5.76. The van der Waals surface area contributed by atoms with E-state index in [2.05, 4.69) is 39.7 Å². The van der Waals surface area contributed by atoms with Crippen molar-refractivity contribution in [2.45, 2.75) is 38.5 Å². The van der Waals surface area contributed by atoms with Crippen LogP contribution in [-0.2, 0) is 0 Å². The number of aromatic nitrogens is 2. The van der Waals surface area contributed by atoms with Crippen molar-refractivity contribution in [1.82, 2.24) is 9.97 Å². The highest BCUT2D eigenvalue weighted by Gasteiger charge is 2.22. The molecule has 1 unspecified atom stereocenters. The molecule has 0 spiro atoms. The van der Waals surface area contributed by atoms with E-state index in [0.717, 1.165) is 32.2 Å². The molecule has 1 heterocycles. The average molecular weight is 399 g/mol. The fourth-order valence-corrected chi connectivity index (χ4v) is 3.78. The van der Waals surface area contributed by atoms with Gasteiger partial charge < -0.3 is 16.4 Å². The lowest BCUT2D eigenvalue weighted by Gasteiger charge is -2.27. The Morgan fingerprint density at radius 1 is 1.17 bits per heavy atom. The van der Waals surface area contributed by atoms with Crippen LogP contribution in [0, 0.1) is 22.0 Å². The molecule has 1 aromatic heterocycles. The maximum absolute atomic E-state index is 11.4. The van der Waals surface area contributed by atoms with Crippen LogP contribution in [0.1, 0.15) is 44.1 Å². The Bertz CT molecular complexity index is 793. The van der Waals surface area contributed by atoms with Crippen molar-refractivity contribution in [1.29, 1.82) is 0 Å². The molecule has 0 radical (unpaired) electrons. The van der Waals surface area contributed by atoms with Crippen LogP contribution in [0.15, 0.2) is 36.5 Å². The lowest BCUT2D eigenvalue weighted by molar-refractivity contribution is -0.384. The fraction of sp³-hybridized carbons (Fsp3) is 0.524. The largest absolute Gasteiger partial charge is 0.364 e. The number of hydrogen-bond acceptors (Lipinski definition) is 7. The lowest BCUT2D eigenvalue weighted by Crippen LogP contribution is -2.25. The van der Waals surface area contributed by atoms with Gasteiger partial charge in [0.15, 0.2) is 0 Å². The van der Waals surface area contributed by atoms with Crippen LogP contribution in [-0.4, -0.2) is 34.5 Å². The maximum Gasteiger partial charge on any atom is 0.329 e. The molecule has 0 aliphatic heterocycles. The third-order valence-electron chi connectivity index (χ3n) is 5.76. The molecule has 1 aliphatic rings. The molecule has 8 nitrogen and oxygen atoms in total. The molecule has 8 heteroatoms. The summed E-state index contributed by atoms with van der Waals surface area (Å²) in [7, 11) is 0. The Morgan fingerprint density at radius 3 is 2.52 bits per heavy atom. The summed E-state index contributed by atoms with van der Waals surface area (Å²) >= 11 is 0. The molecule has 156 valence electrons. The standard InChI is InChI=1S/C21H30N6O2/c1-15(18-5-3-2-4-6-18)12-24-21-25-14-19(27(28)29)20(26-21)23-13-17-9-7-16(11-22)8-10-17/h2-6,14-17H,7-13,22H2,1H3,(H2,23,24,25,26). The van der Waals surface area contributed by atoms with E-state index in [4.69, 9.17) is 5.73 Å². The summed E-state index contributed by atoms with van der Waals surface area (Å²) < 4.78 is 0. The predicted molar refractivity (Wildman–Crippen MR) is 115 cm³/mol. The van der Waals surface area contributed by atoms with E-state index < -0.39 is 4.92 Å². The Hall–Kier alpha value is -2.74. The number of nitrogens with two attached hydrogens (primary N) is 1. The maximum atomic E-state index is 11.4. The monoisotopic (exact) mass is 398 g/mol. The van der Waals surface area contributed by atoms with Crippen molar-refractivity contribution in [3.8, 4) is 0 Å². The van der Waals surface area contributed by atoms with E-state index in [1.807, 2.05) is 18.2 Å². The highest BCUT2D eigenvalue weighted by Crippen LogP contribution is 2.29. The van der Waals surface area contributed by atoms with Crippen LogP contribution in [0.3, 0.4) is 0 Å². The van der Waals surface area contributed by atoms with Crippen molar-refractivity contribution in [2.75, 3.05) is 30.3 Å². The van der Waals surface area contributed by atoms with Gasteiger partial charge in [-0.15, -0.1) is 0 Å². The van der Waals surface area contributed by atoms with E-state index in [0.29, 0.717) is 30.9 Å². The lowest BCUT2D eigenvalue weighted by atomic mass is 9.82. The van der Waals surface area contributed by atoms with E-state index in [-0.39, 0.29) is 17.4 Å². The molecule has 2 aromatic rings. The third kappa shape index (κ3) is 5.87. The Morgan fingerprint density at radius 2 is 1.86 bits per heavy atom. The molecule has 1 atom stereocenters. The first-order valence-corrected chi connectivity index (χ1v) is 10.3. The Kier molecular flexibility index (Phi) is 7.35. The zero-order valence-corrected chi connectivity index (χ0v) is 16.9. The summed E-state index contributed by atoms with van der Waals surface area (Å²) in [4.78, 5) is 19.4. The van der Waals surface area contributed by atoms with E-state index >= 15 is 0 Å². The van der Waals surface area contributed by atoms with Crippen molar-refractivity contribution in [2.24, 2.45) is 17.6 Å². The summed E-state index contributed by atoms with van der Waals surface area (Å²) in [6.07, 6.45) is 5.70. The van der Waals surface area contributed by atoms with Crippen molar-refractivity contribution < 1.29 is 4.92 Å². The molecule has 1 saturated carbocycles. The molecule has 3 rings (SSSR count). The number of benzene rings is 1. The van der Waals surface area contributed by atoms with E-state index in [9.17, 15) is 10.1 Å². The second kappa shape index (κ2) is 10.2. The molecule has 1 aromatic carbocycles. The minimum absolute atomic E-state index is 0.0951. The van der Waals surface area contributed by atoms with Crippen molar-refractivity contribution in [3.63, 3.8) is 0 Å². The van der Waals surface area contributed by atoms with Gasteiger partial charge in [0.25, 0.3) is 0 Å². The van der Waals surface area contributed by atoms with Crippen LogP contribution in [0.4, 0.5) is 17.5 Å². The molecule has 0 saturated heterocycles. The predicted octanol–water partition coefficient (Wildman–Crippen LogP) is 3.78. The Balaban J connectivity index is 1.61. The normalized spacial score (nSPS) is 20.1. The topological polar surface area (TPSA) is 119 Å². The first-order valence-electron chi connectivity index (χ1n) is 10.3. The summed E-state index contributed by atoms with van der Waals surface area (Å²) in [5.74, 6) is 2.04. The van der Waals surface area contributed by atoms with Crippen LogP contribution in [0.2, 0.25) is 0 Å². The Labute approximate surface area is 171 Å². The van der Waals surface area contributed by atoms with Gasteiger partial charge in [-0.25, -0.2) is 4.98 Å². The zero-order valence-electron chi connectivity index (χ0n) is 16.9. The molecule has 0 amide bonds. The van der Waals surface area contributed by atoms with Crippen LogP contribution < -0.4 is 16.4 Å². The van der Waals surface area contributed by atoms with E-state index in [1.54, 1.807) is 0 Å². The van der Waals surface area contributed by atoms with Crippen LogP contribution in [0.5, 0.6) is 0 Å². The van der Waals surface area contributed by atoms with Gasteiger partial charge in [0.2, 0.25) is 11.8 Å². The van der Waals surface area contributed by atoms with Crippen molar-refractivity contribution in [3.05, 3.63) is 52.2 Å². The quantitative estimate of drug-likeness (QED) is 0.434. The van der Waals surface area contributed by atoms with Gasteiger partial charge in [0, 0.05) is 13.1 Å². The second-order valence-corrected chi connectivity index (χ2v) is 7.88. The molecule has 0 bridgehead atoms. The fourth-order valence-electron chi connectivity index (χ4n) is 3.78. The van der Waals surface area contributed by atoms with Gasteiger partial charge in [0.05, 0.1) is 4.92 Å². The number of nitro groups is 1. The molecule has 1 aliphatic carbocycles. The summed E-state index contributed by atoms with van der Waals surface area (Å²) in [5, 5.41) is 17.8. The first kappa shape index (κ1) is 21.0. The number of rotatable bonds is 9. The van der Waals surface area contributed by atoms with Gasteiger partial charge in [-0.3, -0.25) is 10.1 Å². The van der Waals surface area contributed by atoms with Gasteiger partial charge in [-0.1, -0.05) is 37.3 Å². The molecule has 1 fully saturated rings. The van der Waals surface area contributed by atoms with Gasteiger partial charge in [-0.05, 0) is 55.5 Å². The zero-order chi connectivity index (χ0) is 20.6. The highest BCUT2D eigenvalue weighted by molar-refractivity contribution is 5.57. The SMILES string of the molecule is CC(CNc1ncc([N+](=O)[O-])c(NCC2CCC(CN)CC2)n1)c1ccccc1. The molecular formula is C21H30N6O2. The number of nitrogens with zero attached hydrogens (tertiary/aromatic N) is 3. The van der Waals surface area contributed by atoms with Crippen LogP contribution in [0.25, 0.3) is 0 Å².